The van der Waals surface area contributed by atoms with Crippen LogP contribution in [0.4, 0.5) is 14.6 Å². The summed E-state index contributed by atoms with van der Waals surface area (Å²) in [6.07, 6.45) is 2.33. The second-order valence-electron chi connectivity index (χ2n) is 3.65. The molecule has 0 aliphatic heterocycles. The van der Waals surface area contributed by atoms with Crippen molar-refractivity contribution in [3.05, 3.63) is 52.4 Å². The minimum atomic E-state index is -0.753. The third-order valence-corrected chi connectivity index (χ3v) is 2.70. The third-order valence-electron chi connectivity index (χ3n) is 2.29. The van der Waals surface area contributed by atoms with E-state index in [0.29, 0.717) is 4.60 Å². The molecule has 98 valence electrons. The Labute approximate surface area is 116 Å². The minimum Gasteiger partial charge on any atom is -0.309 e. The highest BCUT2D eigenvalue weighted by molar-refractivity contribution is 9.10. The molecule has 0 fully saturated rings. The third kappa shape index (κ3) is 3.54. The lowest BCUT2D eigenvalue weighted by atomic mass is 10.1. The van der Waals surface area contributed by atoms with E-state index < -0.39 is 24.0 Å². The molecule has 1 amide bonds. The summed E-state index contributed by atoms with van der Waals surface area (Å²) in [5.41, 5.74) is -0.273. The maximum Gasteiger partial charge on any atom is 0.230 e. The van der Waals surface area contributed by atoms with Gasteiger partial charge in [0, 0.05) is 5.56 Å². The van der Waals surface area contributed by atoms with Gasteiger partial charge in [-0.3, -0.25) is 4.79 Å². The number of nitrogens with one attached hydrogen (secondary N) is 1. The predicted molar refractivity (Wildman–Crippen MR) is 68.4 cm³/mol. The highest BCUT2D eigenvalue weighted by atomic mass is 79.9. The van der Waals surface area contributed by atoms with Crippen LogP contribution in [-0.2, 0) is 11.2 Å². The van der Waals surface area contributed by atoms with Crippen molar-refractivity contribution >= 4 is 27.7 Å². The lowest BCUT2D eigenvalue weighted by Crippen LogP contribution is -2.17. The summed E-state index contributed by atoms with van der Waals surface area (Å²) in [5.74, 6) is -1.86. The zero-order valence-corrected chi connectivity index (χ0v) is 11.1. The molecular formula is C12H8BrF2N3O. The van der Waals surface area contributed by atoms with Gasteiger partial charge in [-0.05, 0) is 28.1 Å². The Morgan fingerprint density at radius 2 is 1.89 bits per heavy atom. The van der Waals surface area contributed by atoms with Crippen molar-refractivity contribution in [2.75, 3.05) is 5.32 Å². The van der Waals surface area contributed by atoms with Crippen molar-refractivity contribution in [1.29, 1.82) is 0 Å². The van der Waals surface area contributed by atoms with Crippen LogP contribution >= 0.6 is 15.9 Å². The second kappa shape index (κ2) is 5.83. The molecule has 0 saturated heterocycles. The van der Waals surface area contributed by atoms with Crippen molar-refractivity contribution < 1.29 is 13.6 Å². The van der Waals surface area contributed by atoms with Gasteiger partial charge in [-0.2, -0.15) is 0 Å². The largest absolute Gasteiger partial charge is 0.309 e. The topological polar surface area (TPSA) is 54.9 Å². The standard InChI is InChI=1S/C12H8BrF2N3O/c13-10-5-17-11(6-16-10)18-12(19)4-7-8(14)2-1-3-9(7)15/h1-3,5-6H,4H2,(H,17,18,19). The molecule has 1 aromatic carbocycles. The highest BCUT2D eigenvalue weighted by Crippen LogP contribution is 2.13. The predicted octanol–water partition coefficient (Wildman–Crippen LogP) is 2.70. The monoisotopic (exact) mass is 327 g/mol. The van der Waals surface area contributed by atoms with Gasteiger partial charge < -0.3 is 5.32 Å². The second-order valence-corrected chi connectivity index (χ2v) is 4.46. The molecule has 0 bridgehead atoms. The molecule has 4 nitrogen and oxygen atoms in total. The number of anilines is 1. The van der Waals surface area contributed by atoms with Crippen molar-refractivity contribution in [2.45, 2.75) is 6.42 Å². The molecule has 19 heavy (non-hydrogen) atoms. The van der Waals surface area contributed by atoms with Gasteiger partial charge in [0.2, 0.25) is 5.91 Å². The van der Waals surface area contributed by atoms with Gasteiger partial charge in [0.1, 0.15) is 16.2 Å². The van der Waals surface area contributed by atoms with E-state index in [-0.39, 0.29) is 11.4 Å². The van der Waals surface area contributed by atoms with Crippen LogP contribution in [0.1, 0.15) is 5.56 Å². The normalized spacial score (nSPS) is 10.3. The van der Waals surface area contributed by atoms with Gasteiger partial charge in [0.15, 0.2) is 5.82 Å². The van der Waals surface area contributed by atoms with Gasteiger partial charge >= 0.3 is 0 Å². The lowest BCUT2D eigenvalue weighted by molar-refractivity contribution is -0.115. The summed E-state index contributed by atoms with van der Waals surface area (Å²) in [4.78, 5) is 19.4. The van der Waals surface area contributed by atoms with Gasteiger partial charge in [0.25, 0.3) is 0 Å². The quantitative estimate of drug-likeness (QED) is 0.943. The Bertz CT molecular complexity index is 584. The number of carbonyl (C=O) groups excluding carboxylic acids is 1. The van der Waals surface area contributed by atoms with Crippen LogP contribution in [0.15, 0.2) is 35.2 Å². The van der Waals surface area contributed by atoms with Gasteiger partial charge in [0.05, 0.1) is 18.8 Å². The van der Waals surface area contributed by atoms with Crippen LogP contribution in [0.25, 0.3) is 0 Å². The first-order valence-corrected chi connectivity index (χ1v) is 6.06. The number of hydrogen-bond donors (Lipinski definition) is 1. The fourth-order valence-corrected chi connectivity index (χ4v) is 1.63. The maximum absolute atomic E-state index is 13.3. The van der Waals surface area contributed by atoms with E-state index >= 15 is 0 Å². The van der Waals surface area contributed by atoms with Crippen LogP contribution in [0.3, 0.4) is 0 Å². The Morgan fingerprint density at radius 3 is 2.47 bits per heavy atom. The van der Waals surface area contributed by atoms with Gasteiger partial charge in [-0.15, -0.1) is 0 Å². The number of nitrogens with zero attached hydrogens (tertiary/aromatic N) is 2. The molecule has 0 saturated carbocycles. The van der Waals surface area contributed by atoms with E-state index in [2.05, 4.69) is 31.2 Å². The van der Waals surface area contributed by atoms with E-state index in [4.69, 9.17) is 0 Å². The van der Waals surface area contributed by atoms with Crippen molar-refractivity contribution in [3.63, 3.8) is 0 Å². The zero-order chi connectivity index (χ0) is 13.8. The fraction of sp³-hybridized carbons (Fsp3) is 0.0833. The summed E-state index contributed by atoms with van der Waals surface area (Å²) in [6.45, 7) is 0. The van der Waals surface area contributed by atoms with E-state index in [1.54, 1.807) is 0 Å². The Kier molecular flexibility index (Phi) is 4.16. The molecule has 0 unspecified atom stereocenters. The molecule has 2 rings (SSSR count). The number of halogens is 3. The minimum absolute atomic E-state index is 0.213. The number of hydrogen-bond acceptors (Lipinski definition) is 3. The number of benzene rings is 1. The first kappa shape index (κ1) is 13.5. The molecule has 0 atom stereocenters. The van der Waals surface area contributed by atoms with Crippen molar-refractivity contribution in [2.24, 2.45) is 0 Å². The molecule has 0 aliphatic carbocycles. The number of rotatable bonds is 3. The molecule has 1 aromatic heterocycles. The van der Waals surface area contributed by atoms with E-state index in [1.807, 2.05) is 0 Å². The summed E-state index contributed by atoms with van der Waals surface area (Å²) in [5, 5.41) is 2.41. The molecule has 7 heteroatoms. The Balaban J connectivity index is 2.07. The molecule has 0 spiro atoms. The number of amides is 1. The molecule has 1 N–H and O–H groups in total. The van der Waals surface area contributed by atoms with Gasteiger partial charge in [-0.1, -0.05) is 6.07 Å². The summed E-state index contributed by atoms with van der Waals surface area (Å²) in [7, 11) is 0. The molecule has 1 heterocycles. The van der Waals surface area contributed by atoms with Crippen LogP contribution < -0.4 is 5.32 Å². The zero-order valence-electron chi connectivity index (χ0n) is 9.53. The van der Waals surface area contributed by atoms with Crippen LogP contribution in [0.5, 0.6) is 0 Å². The number of carbonyl (C=O) groups is 1. The van der Waals surface area contributed by atoms with E-state index in [0.717, 1.165) is 12.1 Å². The number of aromatic nitrogens is 2. The Hall–Kier alpha value is -1.89. The first-order chi connectivity index (χ1) is 9.06. The highest BCUT2D eigenvalue weighted by Gasteiger charge is 2.13. The van der Waals surface area contributed by atoms with Crippen molar-refractivity contribution in [3.8, 4) is 0 Å². The summed E-state index contributed by atoms with van der Waals surface area (Å²) in [6, 6.07) is 3.45. The molecule has 0 radical (unpaired) electrons. The van der Waals surface area contributed by atoms with Crippen molar-refractivity contribution in [1.82, 2.24) is 9.97 Å². The molecule has 0 aliphatic rings. The average molecular weight is 328 g/mol. The SMILES string of the molecule is O=C(Cc1c(F)cccc1F)Nc1cnc(Br)cn1. The smallest absolute Gasteiger partial charge is 0.230 e. The van der Waals surface area contributed by atoms with Crippen LogP contribution in [0, 0.1) is 11.6 Å². The summed E-state index contributed by atoms with van der Waals surface area (Å²) < 4.78 is 27.2. The Morgan fingerprint density at radius 1 is 1.21 bits per heavy atom. The van der Waals surface area contributed by atoms with Gasteiger partial charge in [-0.25, -0.2) is 18.7 Å². The van der Waals surface area contributed by atoms with Crippen LogP contribution in [0.2, 0.25) is 0 Å². The summed E-state index contributed by atoms with van der Waals surface area (Å²) >= 11 is 3.10. The van der Waals surface area contributed by atoms with Crippen LogP contribution in [-0.4, -0.2) is 15.9 Å². The average Bonchev–Trinajstić information content (AvgIpc) is 2.37. The van der Waals surface area contributed by atoms with E-state index in [9.17, 15) is 13.6 Å². The van der Waals surface area contributed by atoms with E-state index in [1.165, 1.54) is 18.5 Å². The molecule has 2 aromatic rings. The fourth-order valence-electron chi connectivity index (χ4n) is 1.43. The lowest BCUT2D eigenvalue weighted by Gasteiger charge is -2.06. The maximum atomic E-state index is 13.3. The first-order valence-electron chi connectivity index (χ1n) is 5.26. The molecular weight excluding hydrogens is 320 g/mol.